The number of ether oxygens (including phenoxy) is 1. The van der Waals surface area contributed by atoms with E-state index in [4.69, 9.17) is 9.72 Å². The number of hydrogen-bond acceptors (Lipinski definition) is 4. The number of nitrogens with zero attached hydrogens (tertiary/aromatic N) is 4. The van der Waals surface area contributed by atoms with Crippen molar-refractivity contribution in [2.24, 2.45) is 0 Å². The Hall–Kier alpha value is -6.42. The van der Waals surface area contributed by atoms with Crippen LogP contribution in [0.3, 0.4) is 0 Å². The van der Waals surface area contributed by atoms with E-state index in [9.17, 15) is 0 Å². The Bertz CT molecular complexity index is 3250. The Kier molecular flexibility index (Phi) is 14.5. The van der Waals surface area contributed by atoms with Gasteiger partial charge in [0.25, 0.3) is 0 Å². The van der Waals surface area contributed by atoms with Gasteiger partial charge in [-0.05, 0) is 129 Å². The minimum absolute atomic E-state index is 0. The van der Waals surface area contributed by atoms with Crippen LogP contribution in [-0.4, -0.2) is 16.1 Å². The van der Waals surface area contributed by atoms with Gasteiger partial charge in [-0.25, -0.2) is 4.98 Å². The van der Waals surface area contributed by atoms with E-state index in [1.807, 2.05) is 12.3 Å². The molecule has 3 heterocycles. The number of anilines is 3. The van der Waals surface area contributed by atoms with Gasteiger partial charge >= 0.3 is 0 Å². The summed E-state index contributed by atoms with van der Waals surface area (Å²) in [5.41, 5.74) is 18.5. The first kappa shape index (κ1) is 48.6. The van der Waals surface area contributed by atoms with E-state index >= 15 is 0 Å². The van der Waals surface area contributed by atoms with Crippen LogP contribution in [0.15, 0.2) is 158 Å². The molecule has 6 heteroatoms. The molecule has 9 aromatic rings. The largest absolute Gasteiger partial charge is 0.517 e. The van der Waals surface area contributed by atoms with Gasteiger partial charge < -0.3 is 19.1 Å². The van der Waals surface area contributed by atoms with Crippen molar-refractivity contribution in [1.82, 2.24) is 9.55 Å². The van der Waals surface area contributed by atoms with Crippen molar-refractivity contribution < 1.29 is 25.8 Å². The molecule has 70 heavy (non-hydrogen) atoms. The summed E-state index contributed by atoms with van der Waals surface area (Å²) < 4.78 is 8.85. The molecule has 0 saturated carbocycles. The van der Waals surface area contributed by atoms with Crippen molar-refractivity contribution in [3.63, 3.8) is 0 Å². The van der Waals surface area contributed by atoms with Gasteiger partial charge in [0.15, 0.2) is 0 Å². The van der Waals surface area contributed by atoms with Crippen molar-refractivity contribution in [3.8, 4) is 33.8 Å². The number of aromatic nitrogens is 2. The third kappa shape index (κ3) is 9.58. The van der Waals surface area contributed by atoms with Gasteiger partial charge in [-0.3, -0.25) is 0 Å². The van der Waals surface area contributed by atoms with Crippen molar-refractivity contribution >= 4 is 38.9 Å². The van der Waals surface area contributed by atoms with Gasteiger partial charge in [-0.2, -0.15) is 37.0 Å². The maximum absolute atomic E-state index is 6.61. The maximum atomic E-state index is 6.61. The molecule has 0 radical (unpaired) electrons. The van der Waals surface area contributed by atoms with Gasteiger partial charge in [-0.15, -0.1) is 28.8 Å². The number of fused-ring (bicyclic) bond motifs is 4. The third-order valence-corrected chi connectivity index (χ3v) is 13.9. The molecule has 5 nitrogen and oxygen atoms in total. The van der Waals surface area contributed by atoms with Crippen LogP contribution in [0.1, 0.15) is 119 Å². The fourth-order valence-corrected chi connectivity index (χ4v) is 10.3. The quantitative estimate of drug-likeness (QED) is 0.0958. The zero-order valence-corrected chi connectivity index (χ0v) is 44.0. The molecule has 10 rings (SSSR count). The van der Waals surface area contributed by atoms with Crippen molar-refractivity contribution in [1.29, 1.82) is 0 Å². The smallest absolute Gasteiger partial charge is 0.136 e. The van der Waals surface area contributed by atoms with Crippen LogP contribution in [0.5, 0.6) is 5.75 Å². The molecule has 0 atom stereocenters. The van der Waals surface area contributed by atoms with Crippen LogP contribution in [0, 0.1) is 18.8 Å². The predicted molar refractivity (Wildman–Crippen MR) is 289 cm³/mol. The van der Waals surface area contributed by atoms with E-state index in [1.165, 1.54) is 55.8 Å². The summed E-state index contributed by atoms with van der Waals surface area (Å²) in [7, 11) is 0. The molecule has 0 N–H and O–H groups in total. The Morgan fingerprint density at radius 1 is 0.600 bits per heavy atom. The van der Waals surface area contributed by atoms with Crippen LogP contribution < -0.4 is 14.5 Å². The van der Waals surface area contributed by atoms with E-state index in [1.54, 1.807) is 0 Å². The minimum atomic E-state index is 0. The van der Waals surface area contributed by atoms with Gasteiger partial charge in [0.1, 0.15) is 5.82 Å². The van der Waals surface area contributed by atoms with E-state index < -0.39 is 0 Å². The standard InChI is InChI=1S/C64H63N4O.Pt/c1-42(2)49-36-57(44(5)6)64(58(37-49)45(7)8)48-32-33-65-63(38-48)68-59-27-13-12-23-55(59)56-31-30-51(39-62(56)68)69-40-46-19-16-22-50(35-46)67-41-66(60-28-14-15-29-61(60)67)34-18-26-54-52(43(3)4)24-17-25-53(54)47-20-10-9-11-21-47;/h9-17,19-25,27-33,36-38,41-45H,18,26,34,40H2,1-8H3;/q-3;. The van der Waals surface area contributed by atoms with Gasteiger partial charge in [-0.1, -0.05) is 152 Å². The zero-order chi connectivity index (χ0) is 47.8. The summed E-state index contributed by atoms with van der Waals surface area (Å²) in [6.45, 7) is 21.9. The van der Waals surface area contributed by atoms with E-state index in [2.05, 4.69) is 234 Å². The molecule has 0 saturated heterocycles. The fraction of sp³-hybridized carbons (Fsp3) is 0.250. The molecule has 358 valence electrons. The monoisotopic (exact) mass is 1100 g/mol. The van der Waals surface area contributed by atoms with Crippen LogP contribution in [0.4, 0.5) is 17.1 Å². The van der Waals surface area contributed by atoms with Crippen LogP contribution in [0.25, 0.3) is 49.9 Å². The molecule has 0 spiro atoms. The number of hydrogen-bond donors (Lipinski definition) is 0. The molecule has 1 aliphatic heterocycles. The molecule has 1 aliphatic rings. The van der Waals surface area contributed by atoms with Crippen molar-refractivity contribution in [3.05, 3.63) is 210 Å². The SMILES string of the molecule is CC(C)c1cc(C(C)C)c(-c2ccnc(-n3c4[c-]c(OCc5[c-]c(N6[CH-]N(CCCc7c(-c8ccccc8)cccc7C(C)C)c7ccccc76)ccc5)ccc4c4ccccc43)c2)c(C(C)C)c1.[Pt]. The molecule has 0 aliphatic carbocycles. The molecule has 0 bridgehead atoms. The number of para-hydroxylation sites is 3. The Morgan fingerprint density at radius 3 is 2.04 bits per heavy atom. The van der Waals surface area contributed by atoms with Crippen LogP contribution in [0.2, 0.25) is 0 Å². The average Bonchev–Trinajstić information content (AvgIpc) is 3.91. The Morgan fingerprint density at radius 2 is 1.30 bits per heavy atom. The van der Waals surface area contributed by atoms with E-state index in [0.29, 0.717) is 36.0 Å². The topological polar surface area (TPSA) is 33.5 Å². The first-order valence-electron chi connectivity index (χ1n) is 24.9. The normalized spacial score (nSPS) is 12.5. The summed E-state index contributed by atoms with van der Waals surface area (Å²) in [5.74, 6) is 3.18. The average molecular weight is 1100 g/mol. The van der Waals surface area contributed by atoms with Gasteiger partial charge in [0.05, 0.1) is 6.61 Å². The second kappa shape index (κ2) is 20.9. The van der Waals surface area contributed by atoms with E-state index in [-0.39, 0.29) is 21.1 Å². The second-order valence-electron chi connectivity index (χ2n) is 19.9. The predicted octanol–water partition coefficient (Wildman–Crippen LogP) is 16.9. The summed E-state index contributed by atoms with van der Waals surface area (Å²) in [5, 5.41) is 2.27. The van der Waals surface area contributed by atoms with Crippen molar-refractivity contribution in [2.75, 3.05) is 16.3 Å². The zero-order valence-electron chi connectivity index (χ0n) is 41.7. The van der Waals surface area contributed by atoms with Crippen LogP contribution in [-0.2, 0) is 34.1 Å². The number of benzene rings is 7. The number of pyridine rings is 1. The Labute approximate surface area is 430 Å². The van der Waals surface area contributed by atoms with Gasteiger partial charge in [0, 0.05) is 49.9 Å². The maximum Gasteiger partial charge on any atom is 0.136 e. The fourth-order valence-electron chi connectivity index (χ4n) is 10.3. The molecular weight excluding hydrogens is 1040 g/mol. The summed E-state index contributed by atoms with van der Waals surface area (Å²) >= 11 is 0. The summed E-state index contributed by atoms with van der Waals surface area (Å²) in [6.07, 6.45) is 3.98. The van der Waals surface area contributed by atoms with Crippen molar-refractivity contribution in [2.45, 2.75) is 98.5 Å². The van der Waals surface area contributed by atoms with E-state index in [0.717, 1.165) is 63.9 Å². The summed E-state index contributed by atoms with van der Waals surface area (Å²) in [4.78, 5) is 9.70. The van der Waals surface area contributed by atoms with Gasteiger partial charge in [0.2, 0.25) is 0 Å². The van der Waals surface area contributed by atoms with Crippen LogP contribution >= 0.6 is 0 Å². The molecule has 7 aromatic carbocycles. The molecule has 0 amide bonds. The molecule has 0 fully saturated rings. The number of rotatable bonds is 15. The molecule has 2 aromatic heterocycles. The minimum Gasteiger partial charge on any atom is -0.517 e. The molecule has 0 unspecified atom stereocenters. The first-order chi connectivity index (χ1) is 33.5. The summed E-state index contributed by atoms with van der Waals surface area (Å²) in [6, 6.07) is 62.1. The second-order valence-corrected chi connectivity index (χ2v) is 19.9. The third-order valence-electron chi connectivity index (χ3n) is 13.9. The molecular formula is C64H63N4OPt-3. The first-order valence-corrected chi connectivity index (χ1v) is 24.9. The Balaban J connectivity index is 0.00000608.